The van der Waals surface area contributed by atoms with Gasteiger partial charge in [-0.1, -0.05) is 0 Å². The van der Waals surface area contributed by atoms with E-state index >= 15 is 0 Å². The molecule has 1 aromatic carbocycles. The number of carbonyl (C=O) groups excluding carboxylic acids is 2. The number of nitrogens with zero attached hydrogens (tertiary/aromatic N) is 1. The monoisotopic (exact) mass is 322 g/mol. The SMILES string of the molecule is COC(=O)c1ccc(OC2CN(C(=O)OC(C)(C)C)C2)c(N)c1. The standard InChI is InChI=1S/C16H22N2O5/c1-16(2,3)23-15(20)18-8-11(9-18)22-13-6-5-10(7-12(13)17)14(19)21-4/h5-7,11H,8-9,17H2,1-4H3. The molecular formula is C16H22N2O5. The van der Waals surface area contributed by atoms with Gasteiger partial charge in [0, 0.05) is 0 Å². The highest BCUT2D eigenvalue weighted by Crippen LogP contribution is 2.26. The van der Waals surface area contributed by atoms with E-state index in [9.17, 15) is 9.59 Å². The van der Waals surface area contributed by atoms with Crippen LogP contribution in [-0.4, -0.2) is 48.9 Å². The van der Waals surface area contributed by atoms with Crippen molar-refractivity contribution in [2.45, 2.75) is 32.5 Å². The zero-order valence-corrected chi connectivity index (χ0v) is 13.8. The molecule has 0 radical (unpaired) electrons. The quantitative estimate of drug-likeness (QED) is 0.676. The van der Waals surface area contributed by atoms with Gasteiger partial charge in [-0.2, -0.15) is 0 Å². The number of carbonyl (C=O) groups is 2. The summed E-state index contributed by atoms with van der Waals surface area (Å²) in [5.74, 6) is 0.0227. The number of amides is 1. The molecule has 1 aromatic rings. The average molecular weight is 322 g/mol. The van der Waals surface area contributed by atoms with Crippen molar-refractivity contribution < 1.29 is 23.8 Å². The number of benzene rings is 1. The fourth-order valence-electron chi connectivity index (χ4n) is 2.07. The number of anilines is 1. The first-order valence-electron chi connectivity index (χ1n) is 7.32. The van der Waals surface area contributed by atoms with E-state index in [2.05, 4.69) is 4.74 Å². The van der Waals surface area contributed by atoms with Crippen molar-refractivity contribution in [2.75, 3.05) is 25.9 Å². The van der Waals surface area contributed by atoms with E-state index in [-0.39, 0.29) is 12.2 Å². The maximum Gasteiger partial charge on any atom is 0.410 e. The molecule has 0 atom stereocenters. The van der Waals surface area contributed by atoms with Gasteiger partial charge in [-0.25, -0.2) is 9.59 Å². The van der Waals surface area contributed by atoms with E-state index in [4.69, 9.17) is 15.2 Å². The summed E-state index contributed by atoms with van der Waals surface area (Å²) in [5, 5.41) is 0. The molecular weight excluding hydrogens is 300 g/mol. The molecule has 7 heteroatoms. The molecule has 126 valence electrons. The smallest absolute Gasteiger partial charge is 0.410 e. The normalized spacial score (nSPS) is 14.9. The van der Waals surface area contributed by atoms with Crippen molar-refractivity contribution in [2.24, 2.45) is 0 Å². The Labute approximate surface area is 135 Å². The predicted molar refractivity (Wildman–Crippen MR) is 84.4 cm³/mol. The second-order valence-electron chi connectivity index (χ2n) is 6.37. The van der Waals surface area contributed by atoms with Crippen LogP contribution < -0.4 is 10.5 Å². The summed E-state index contributed by atoms with van der Waals surface area (Å²) in [7, 11) is 1.31. The Hall–Kier alpha value is -2.44. The molecule has 1 saturated heterocycles. The fourth-order valence-corrected chi connectivity index (χ4v) is 2.07. The lowest BCUT2D eigenvalue weighted by molar-refractivity contribution is -0.0219. The highest BCUT2D eigenvalue weighted by Gasteiger charge is 2.35. The van der Waals surface area contributed by atoms with Crippen LogP contribution in [-0.2, 0) is 9.47 Å². The average Bonchev–Trinajstić information content (AvgIpc) is 2.40. The third-order valence-electron chi connectivity index (χ3n) is 3.22. The molecule has 0 spiro atoms. The Morgan fingerprint density at radius 2 is 1.91 bits per heavy atom. The Bertz CT molecular complexity index is 603. The zero-order chi connectivity index (χ0) is 17.2. The van der Waals surface area contributed by atoms with Crippen LogP contribution in [0, 0.1) is 0 Å². The molecule has 1 amide bonds. The number of nitrogens with two attached hydrogens (primary N) is 1. The van der Waals surface area contributed by atoms with Gasteiger partial charge in [0.05, 0.1) is 31.5 Å². The molecule has 2 N–H and O–H groups in total. The van der Waals surface area contributed by atoms with Gasteiger partial charge in [0.15, 0.2) is 0 Å². The van der Waals surface area contributed by atoms with Gasteiger partial charge in [0.2, 0.25) is 0 Å². The summed E-state index contributed by atoms with van der Waals surface area (Å²) >= 11 is 0. The van der Waals surface area contributed by atoms with Crippen LogP contribution in [0.5, 0.6) is 5.75 Å². The van der Waals surface area contributed by atoms with Gasteiger partial charge in [-0.05, 0) is 39.0 Å². The van der Waals surface area contributed by atoms with Crippen LogP contribution in [0.1, 0.15) is 31.1 Å². The first-order chi connectivity index (χ1) is 10.7. The fraction of sp³-hybridized carbons (Fsp3) is 0.500. The summed E-state index contributed by atoms with van der Waals surface area (Å²) < 4.78 is 15.6. The van der Waals surface area contributed by atoms with Gasteiger partial charge in [-0.3, -0.25) is 0 Å². The topological polar surface area (TPSA) is 91.1 Å². The number of methoxy groups -OCH3 is 1. The molecule has 1 fully saturated rings. The molecule has 0 saturated carbocycles. The molecule has 1 heterocycles. The first-order valence-corrected chi connectivity index (χ1v) is 7.32. The summed E-state index contributed by atoms with van der Waals surface area (Å²) in [5.41, 5.74) is 6.08. The van der Waals surface area contributed by atoms with Crippen LogP contribution in [0.25, 0.3) is 0 Å². The molecule has 0 unspecified atom stereocenters. The van der Waals surface area contributed by atoms with Crippen LogP contribution >= 0.6 is 0 Å². The predicted octanol–water partition coefficient (Wildman–Crippen LogP) is 2.05. The second-order valence-corrected chi connectivity index (χ2v) is 6.37. The minimum atomic E-state index is -0.517. The lowest BCUT2D eigenvalue weighted by Crippen LogP contribution is -2.57. The summed E-state index contributed by atoms with van der Waals surface area (Å²) in [6, 6.07) is 4.71. The van der Waals surface area contributed by atoms with E-state index in [1.165, 1.54) is 13.2 Å². The van der Waals surface area contributed by atoms with E-state index < -0.39 is 11.6 Å². The summed E-state index contributed by atoms with van der Waals surface area (Å²) in [6.45, 7) is 6.34. The molecule has 0 bridgehead atoms. The van der Waals surface area contributed by atoms with Crippen molar-refractivity contribution in [3.8, 4) is 5.75 Å². The highest BCUT2D eigenvalue weighted by molar-refractivity contribution is 5.90. The van der Waals surface area contributed by atoms with Gasteiger partial charge < -0.3 is 24.8 Å². The van der Waals surface area contributed by atoms with Crippen molar-refractivity contribution in [3.05, 3.63) is 23.8 Å². The summed E-state index contributed by atoms with van der Waals surface area (Å²) in [4.78, 5) is 24.8. The Kier molecular flexibility index (Phi) is 4.68. The van der Waals surface area contributed by atoms with Crippen molar-refractivity contribution in [3.63, 3.8) is 0 Å². The minimum absolute atomic E-state index is 0.145. The van der Waals surface area contributed by atoms with Gasteiger partial charge in [0.25, 0.3) is 0 Å². The Morgan fingerprint density at radius 3 is 2.43 bits per heavy atom. The Balaban J connectivity index is 1.88. The van der Waals surface area contributed by atoms with Crippen molar-refractivity contribution in [1.82, 2.24) is 4.90 Å². The van der Waals surface area contributed by atoms with Crippen LogP contribution in [0.4, 0.5) is 10.5 Å². The zero-order valence-electron chi connectivity index (χ0n) is 13.8. The number of nitrogen functional groups attached to an aromatic ring is 1. The van der Waals surface area contributed by atoms with Gasteiger partial charge in [0.1, 0.15) is 17.5 Å². The maximum atomic E-state index is 11.8. The lowest BCUT2D eigenvalue weighted by Gasteiger charge is -2.39. The van der Waals surface area contributed by atoms with Crippen LogP contribution in [0.2, 0.25) is 0 Å². The number of esters is 1. The molecule has 1 aliphatic heterocycles. The Morgan fingerprint density at radius 1 is 1.26 bits per heavy atom. The minimum Gasteiger partial charge on any atom is -0.485 e. The highest BCUT2D eigenvalue weighted by atomic mass is 16.6. The van der Waals surface area contributed by atoms with E-state index in [1.807, 2.05) is 20.8 Å². The van der Waals surface area contributed by atoms with Crippen LogP contribution in [0.3, 0.4) is 0 Å². The maximum absolute atomic E-state index is 11.8. The van der Waals surface area contributed by atoms with Crippen LogP contribution in [0.15, 0.2) is 18.2 Å². The van der Waals surface area contributed by atoms with Crippen molar-refractivity contribution in [1.29, 1.82) is 0 Å². The van der Waals surface area contributed by atoms with Gasteiger partial charge >= 0.3 is 12.1 Å². The molecule has 0 aromatic heterocycles. The first kappa shape index (κ1) is 16.9. The lowest BCUT2D eigenvalue weighted by atomic mass is 10.1. The number of ether oxygens (including phenoxy) is 3. The second kappa shape index (κ2) is 6.36. The number of likely N-dealkylation sites (tertiary alicyclic amines) is 1. The van der Waals surface area contributed by atoms with Gasteiger partial charge in [-0.15, -0.1) is 0 Å². The largest absolute Gasteiger partial charge is 0.485 e. The van der Waals surface area contributed by atoms with E-state index in [1.54, 1.807) is 17.0 Å². The molecule has 1 aliphatic rings. The number of hydrogen-bond donors (Lipinski definition) is 1. The van der Waals surface area contributed by atoms with E-state index in [0.717, 1.165) is 0 Å². The molecule has 7 nitrogen and oxygen atoms in total. The third-order valence-corrected chi connectivity index (χ3v) is 3.22. The third kappa shape index (κ3) is 4.28. The summed E-state index contributed by atoms with van der Waals surface area (Å²) in [6.07, 6.45) is -0.500. The van der Waals surface area contributed by atoms with E-state index in [0.29, 0.717) is 30.1 Å². The van der Waals surface area contributed by atoms with Crippen molar-refractivity contribution >= 4 is 17.7 Å². The number of rotatable bonds is 3. The number of hydrogen-bond acceptors (Lipinski definition) is 6. The molecule has 0 aliphatic carbocycles. The molecule has 2 rings (SSSR count). The molecule has 23 heavy (non-hydrogen) atoms.